The van der Waals surface area contributed by atoms with Crippen LogP contribution in [0.1, 0.15) is 28.8 Å². The molecule has 1 heterocycles. The molecule has 1 aromatic carbocycles. The molecule has 0 saturated heterocycles. The highest BCUT2D eigenvalue weighted by atomic mass is 16.1. The molecular formula is C16H14N2O. The van der Waals surface area contributed by atoms with Crippen LogP contribution in [-0.4, -0.2) is 15.3 Å². The third-order valence-electron chi connectivity index (χ3n) is 3.09. The van der Waals surface area contributed by atoms with E-state index in [0.717, 1.165) is 5.56 Å². The van der Waals surface area contributed by atoms with Crippen LogP contribution in [0.15, 0.2) is 43.0 Å². The highest BCUT2D eigenvalue weighted by molar-refractivity contribution is 5.95. The van der Waals surface area contributed by atoms with Crippen molar-refractivity contribution in [1.82, 2.24) is 9.55 Å². The summed E-state index contributed by atoms with van der Waals surface area (Å²) in [6.45, 7) is 0.326. The Balaban J connectivity index is 1.68. The molecule has 0 amide bonds. The van der Waals surface area contributed by atoms with E-state index in [1.807, 2.05) is 24.3 Å². The minimum absolute atomic E-state index is 0.0831. The van der Waals surface area contributed by atoms with Gasteiger partial charge >= 0.3 is 0 Å². The van der Waals surface area contributed by atoms with Crippen LogP contribution in [-0.2, 0) is 6.54 Å². The van der Waals surface area contributed by atoms with E-state index in [0.29, 0.717) is 18.0 Å². The minimum atomic E-state index is 0.0831. The van der Waals surface area contributed by atoms with Gasteiger partial charge in [0.05, 0.1) is 12.9 Å². The van der Waals surface area contributed by atoms with Gasteiger partial charge in [0, 0.05) is 29.4 Å². The number of hydrogen-bond donors (Lipinski definition) is 0. The molecule has 0 N–H and O–H groups in total. The summed E-state index contributed by atoms with van der Waals surface area (Å²) in [6.07, 6.45) is 7.56. The smallest absolute Gasteiger partial charge is 0.182 e. The second kappa shape index (κ2) is 5.11. The second-order valence-corrected chi connectivity index (χ2v) is 4.78. The lowest BCUT2D eigenvalue weighted by molar-refractivity contribution is 0.0972. The van der Waals surface area contributed by atoms with Crippen molar-refractivity contribution in [3.05, 3.63) is 54.1 Å². The predicted octanol–water partition coefficient (Wildman–Crippen LogP) is 2.53. The van der Waals surface area contributed by atoms with E-state index < -0.39 is 0 Å². The fraction of sp³-hybridized carbons (Fsp3) is 0.250. The van der Waals surface area contributed by atoms with Gasteiger partial charge < -0.3 is 4.57 Å². The Morgan fingerprint density at radius 2 is 2.11 bits per heavy atom. The average Bonchev–Trinajstić information content (AvgIpc) is 3.13. The number of nitrogens with zero attached hydrogens (tertiary/aromatic N) is 2. The quantitative estimate of drug-likeness (QED) is 0.619. The Kier molecular flexibility index (Phi) is 3.16. The van der Waals surface area contributed by atoms with Gasteiger partial charge in [0.25, 0.3) is 0 Å². The Hall–Kier alpha value is -2.34. The first-order valence-corrected chi connectivity index (χ1v) is 6.42. The molecule has 3 heteroatoms. The molecule has 2 aromatic rings. The van der Waals surface area contributed by atoms with Gasteiger partial charge in [-0.15, -0.1) is 0 Å². The van der Waals surface area contributed by atoms with Crippen molar-refractivity contribution >= 4 is 5.78 Å². The number of carbonyl (C=O) groups is 1. The van der Waals surface area contributed by atoms with Gasteiger partial charge in [-0.05, 0) is 25.0 Å². The van der Waals surface area contributed by atoms with E-state index in [4.69, 9.17) is 0 Å². The highest BCUT2D eigenvalue weighted by Crippen LogP contribution is 2.27. The van der Waals surface area contributed by atoms with Crippen LogP contribution >= 0.6 is 0 Å². The molecule has 0 spiro atoms. The summed E-state index contributed by atoms with van der Waals surface area (Å²) in [6, 6.07) is 7.51. The number of imidazole rings is 1. The van der Waals surface area contributed by atoms with Crippen LogP contribution in [0.25, 0.3) is 0 Å². The molecule has 1 aromatic heterocycles. The molecule has 19 heavy (non-hydrogen) atoms. The summed E-state index contributed by atoms with van der Waals surface area (Å²) in [5, 5.41) is 0. The lowest BCUT2D eigenvalue weighted by Gasteiger charge is -2.02. The van der Waals surface area contributed by atoms with Gasteiger partial charge in [-0.3, -0.25) is 4.79 Å². The van der Waals surface area contributed by atoms with E-state index in [2.05, 4.69) is 16.8 Å². The molecule has 0 unspecified atom stereocenters. The van der Waals surface area contributed by atoms with Gasteiger partial charge in [-0.1, -0.05) is 24.0 Å². The molecular weight excluding hydrogens is 236 g/mol. The van der Waals surface area contributed by atoms with Gasteiger partial charge in [-0.2, -0.15) is 0 Å². The van der Waals surface area contributed by atoms with Gasteiger partial charge in [0.1, 0.15) is 0 Å². The van der Waals surface area contributed by atoms with Crippen molar-refractivity contribution in [2.24, 2.45) is 5.92 Å². The first-order chi connectivity index (χ1) is 9.31. The topological polar surface area (TPSA) is 34.9 Å². The molecule has 1 aliphatic carbocycles. The normalized spacial score (nSPS) is 13.7. The maximum absolute atomic E-state index is 12.0. The maximum atomic E-state index is 12.0. The zero-order chi connectivity index (χ0) is 13.1. The van der Waals surface area contributed by atoms with Crippen molar-refractivity contribution in [3.63, 3.8) is 0 Å². The predicted molar refractivity (Wildman–Crippen MR) is 72.6 cm³/mol. The summed E-state index contributed by atoms with van der Waals surface area (Å²) in [5.74, 6) is 7.04. The first kappa shape index (κ1) is 11.7. The van der Waals surface area contributed by atoms with Crippen molar-refractivity contribution in [3.8, 4) is 11.8 Å². The Labute approximate surface area is 112 Å². The van der Waals surface area contributed by atoms with E-state index in [1.165, 1.54) is 12.8 Å². The van der Waals surface area contributed by atoms with Crippen LogP contribution in [0.3, 0.4) is 0 Å². The maximum Gasteiger partial charge on any atom is 0.182 e. The lowest BCUT2D eigenvalue weighted by Crippen LogP contribution is -2.08. The molecule has 1 saturated carbocycles. The number of benzene rings is 1. The monoisotopic (exact) mass is 250 g/mol. The van der Waals surface area contributed by atoms with E-state index >= 15 is 0 Å². The summed E-state index contributed by atoms with van der Waals surface area (Å²) < 4.78 is 1.77. The number of hydrogen-bond acceptors (Lipinski definition) is 2. The Morgan fingerprint density at radius 1 is 1.32 bits per heavy atom. The largest absolute Gasteiger partial charge is 0.330 e. The van der Waals surface area contributed by atoms with Crippen molar-refractivity contribution in [2.45, 2.75) is 19.4 Å². The number of carbonyl (C=O) groups excluding carboxylic acids is 1. The summed E-state index contributed by atoms with van der Waals surface area (Å²) in [4.78, 5) is 15.9. The highest BCUT2D eigenvalue weighted by Gasteiger charge is 2.17. The summed E-state index contributed by atoms with van der Waals surface area (Å²) >= 11 is 0. The molecule has 0 bridgehead atoms. The number of Topliss-reactive ketones (excluding diaryl/α,β-unsaturated/α-hetero) is 1. The van der Waals surface area contributed by atoms with E-state index in [1.54, 1.807) is 23.3 Å². The molecule has 3 rings (SSSR count). The molecule has 0 aliphatic heterocycles. The third kappa shape index (κ3) is 3.11. The van der Waals surface area contributed by atoms with Crippen LogP contribution in [0.4, 0.5) is 0 Å². The molecule has 3 nitrogen and oxygen atoms in total. The fourth-order valence-electron chi connectivity index (χ4n) is 1.79. The molecule has 0 atom stereocenters. The van der Waals surface area contributed by atoms with Crippen molar-refractivity contribution in [1.29, 1.82) is 0 Å². The van der Waals surface area contributed by atoms with Crippen molar-refractivity contribution < 1.29 is 4.79 Å². The molecule has 1 aliphatic rings. The zero-order valence-corrected chi connectivity index (χ0v) is 10.5. The molecule has 94 valence electrons. The SMILES string of the molecule is O=C(Cn1ccnc1)c1ccc(C#CC2CC2)cc1. The van der Waals surface area contributed by atoms with E-state index in [9.17, 15) is 4.79 Å². The Bertz CT molecular complexity index is 626. The van der Waals surface area contributed by atoms with Crippen LogP contribution in [0.5, 0.6) is 0 Å². The molecule has 0 radical (unpaired) electrons. The van der Waals surface area contributed by atoms with Crippen LogP contribution in [0, 0.1) is 17.8 Å². The van der Waals surface area contributed by atoms with Gasteiger partial charge in [0.2, 0.25) is 0 Å². The third-order valence-corrected chi connectivity index (χ3v) is 3.09. The average molecular weight is 250 g/mol. The first-order valence-electron chi connectivity index (χ1n) is 6.42. The standard InChI is InChI=1S/C16H14N2O/c19-16(11-18-10-9-17-12-18)15-7-5-14(6-8-15)4-3-13-1-2-13/h5-10,12-13H,1-2,11H2. The summed E-state index contributed by atoms with van der Waals surface area (Å²) in [5.41, 5.74) is 1.69. The summed E-state index contributed by atoms with van der Waals surface area (Å²) in [7, 11) is 0. The number of aromatic nitrogens is 2. The van der Waals surface area contributed by atoms with Crippen molar-refractivity contribution in [2.75, 3.05) is 0 Å². The zero-order valence-electron chi connectivity index (χ0n) is 10.5. The number of ketones is 1. The molecule has 1 fully saturated rings. The minimum Gasteiger partial charge on any atom is -0.330 e. The van der Waals surface area contributed by atoms with E-state index in [-0.39, 0.29) is 5.78 Å². The van der Waals surface area contributed by atoms with Crippen LogP contribution in [0.2, 0.25) is 0 Å². The van der Waals surface area contributed by atoms with Gasteiger partial charge in [0.15, 0.2) is 5.78 Å². The van der Waals surface area contributed by atoms with Gasteiger partial charge in [-0.25, -0.2) is 4.98 Å². The second-order valence-electron chi connectivity index (χ2n) is 4.78. The fourth-order valence-corrected chi connectivity index (χ4v) is 1.79. The number of rotatable bonds is 3. The van der Waals surface area contributed by atoms with Crippen LogP contribution < -0.4 is 0 Å². The lowest BCUT2D eigenvalue weighted by atomic mass is 10.1. The Morgan fingerprint density at radius 3 is 2.74 bits per heavy atom.